The van der Waals surface area contributed by atoms with E-state index in [9.17, 15) is 0 Å². The second kappa shape index (κ2) is 4.34. The lowest BCUT2D eigenvalue weighted by Gasteiger charge is -2.28. The smallest absolute Gasteiger partial charge is 0.0417 e. The van der Waals surface area contributed by atoms with E-state index in [1.807, 2.05) is 0 Å². The molecule has 2 aliphatic rings. The van der Waals surface area contributed by atoms with Crippen molar-refractivity contribution in [3.8, 4) is 0 Å². The van der Waals surface area contributed by atoms with Crippen LogP contribution in [0.3, 0.4) is 0 Å². The van der Waals surface area contributed by atoms with Gasteiger partial charge in [0.15, 0.2) is 0 Å². The fourth-order valence-electron chi connectivity index (χ4n) is 2.54. The zero-order valence-electron chi connectivity index (χ0n) is 10.6. The van der Waals surface area contributed by atoms with Crippen molar-refractivity contribution in [1.82, 2.24) is 0 Å². The van der Waals surface area contributed by atoms with E-state index >= 15 is 0 Å². The maximum absolute atomic E-state index is 6.09. The van der Waals surface area contributed by atoms with Gasteiger partial charge in [-0.15, -0.1) is 0 Å². The molecule has 1 aromatic carbocycles. The Balaban J connectivity index is 1.87. The molecule has 2 heteroatoms. The lowest BCUT2D eigenvalue weighted by molar-refractivity contribution is 0.705. The second-order valence-corrected chi connectivity index (χ2v) is 5.67. The van der Waals surface area contributed by atoms with Gasteiger partial charge in [-0.1, -0.05) is 18.2 Å². The molecular weight excluding hydrogens is 208 g/mol. The van der Waals surface area contributed by atoms with Crippen molar-refractivity contribution in [3.63, 3.8) is 0 Å². The molecular formula is C15H22N2. The first kappa shape index (κ1) is 11.1. The number of hydrogen-bond acceptors (Lipinski definition) is 2. The summed E-state index contributed by atoms with van der Waals surface area (Å²) in [5, 5.41) is 0. The molecule has 0 radical (unpaired) electrons. The molecule has 1 atom stereocenters. The van der Waals surface area contributed by atoms with E-state index < -0.39 is 0 Å². The molecule has 0 bridgehead atoms. The van der Waals surface area contributed by atoms with Gasteiger partial charge in [0.05, 0.1) is 0 Å². The third kappa shape index (κ3) is 2.47. The Hall–Kier alpha value is -1.02. The largest absolute Gasteiger partial charge is 0.368 e. The van der Waals surface area contributed by atoms with Crippen molar-refractivity contribution in [2.75, 3.05) is 11.4 Å². The van der Waals surface area contributed by atoms with E-state index in [0.29, 0.717) is 0 Å². The van der Waals surface area contributed by atoms with Crippen molar-refractivity contribution >= 4 is 5.69 Å². The van der Waals surface area contributed by atoms with Gasteiger partial charge in [-0.2, -0.15) is 0 Å². The van der Waals surface area contributed by atoms with Gasteiger partial charge in [-0.25, -0.2) is 0 Å². The molecule has 2 saturated carbocycles. The van der Waals surface area contributed by atoms with Crippen LogP contribution in [0.4, 0.5) is 5.69 Å². The number of rotatable bonds is 5. The van der Waals surface area contributed by atoms with Gasteiger partial charge >= 0.3 is 0 Å². The van der Waals surface area contributed by atoms with Gasteiger partial charge in [0.1, 0.15) is 0 Å². The van der Waals surface area contributed by atoms with Gasteiger partial charge in [0, 0.05) is 24.3 Å². The number of benzene rings is 1. The number of nitrogens with two attached hydrogens (primary N) is 1. The van der Waals surface area contributed by atoms with Gasteiger partial charge in [0.25, 0.3) is 0 Å². The Morgan fingerprint density at radius 1 is 1.24 bits per heavy atom. The molecule has 0 spiro atoms. The Kier molecular flexibility index (Phi) is 2.83. The molecule has 0 unspecified atom stereocenters. The van der Waals surface area contributed by atoms with Crippen LogP contribution in [0.5, 0.6) is 0 Å². The molecule has 0 aromatic heterocycles. The highest BCUT2D eigenvalue weighted by Gasteiger charge is 2.34. The van der Waals surface area contributed by atoms with Crippen molar-refractivity contribution in [3.05, 3.63) is 29.8 Å². The first-order valence-electron chi connectivity index (χ1n) is 6.87. The molecule has 2 aliphatic carbocycles. The number of anilines is 1. The summed E-state index contributed by atoms with van der Waals surface area (Å²) < 4.78 is 0. The predicted molar refractivity (Wildman–Crippen MR) is 72.1 cm³/mol. The maximum Gasteiger partial charge on any atom is 0.0417 e. The fourth-order valence-corrected chi connectivity index (χ4v) is 2.54. The standard InChI is InChI=1S/C15H22N2/c1-11(16)14-4-2-3-5-15(14)17(13-8-9-13)10-12-6-7-12/h2-5,11-13H,6-10,16H2,1H3/t11-/m0/s1. The SMILES string of the molecule is C[C@H](N)c1ccccc1N(CC1CC1)C1CC1. The van der Waals surface area contributed by atoms with Crippen molar-refractivity contribution < 1.29 is 0 Å². The first-order chi connectivity index (χ1) is 8.25. The van der Waals surface area contributed by atoms with Crippen LogP contribution in [0.2, 0.25) is 0 Å². The molecule has 0 heterocycles. The molecule has 2 fully saturated rings. The van der Waals surface area contributed by atoms with Gasteiger partial charge in [-0.3, -0.25) is 0 Å². The molecule has 3 rings (SSSR count). The number of para-hydroxylation sites is 1. The highest BCUT2D eigenvalue weighted by molar-refractivity contribution is 5.56. The summed E-state index contributed by atoms with van der Waals surface area (Å²) in [5.41, 5.74) is 8.78. The van der Waals surface area contributed by atoms with Crippen LogP contribution in [-0.2, 0) is 0 Å². The summed E-state index contributed by atoms with van der Waals surface area (Å²) in [7, 11) is 0. The van der Waals surface area contributed by atoms with Crippen LogP contribution in [0.25, 0.3) is 0 Å². The minimum Gasteiger partial charge on any atom is -0.368 e. The fraction of sp³-hybridized carbons (Fsp3) is 0.600. The molecule has 0 aliphatic heterocycles. The van der Waals surface area contributed by atoms with Gasteiger partial charge in [0.2, 0.25) is 0 Å². The third-order valence-corrected chi connectivity index (χ3v) is 3.88. The minimum absolute atomic E-state index is 0.131. The zero-order valence-corrected chi connectivity index (χ0v) is 10.6. The predicted octanol–water partition coefficient (Wildman–Crippen LogP) is 3.09. The average molecular weight is 230 g/mol. The van der Waals surface area contributed by atoms with Crippen molar-refractivity contribution in [2.24, 2.45) is 11.7 Å². The zero-order chi connectivity index (χ0) is 11.8. The van der Waals surface area contributed by atoms with E-state index in [0.717, 1.165) is 12.0 Å². The summed E-state index contributed by atoms with van der Waals surface area (Å²) in [6.07, 6.45) is 5.56. The van der Waals surface area contributed by atoms with E-state index in [4.69, 9.17) is 5.73 Å². The number of hydrogen-bond donors (Lipinski definition) is 1. The molecule has 17 heavy (non-hydrogen) atoms. The number of nitrogens with zero attached hydrogens (tertiary/aromatic N) is 1. The Labute approximate surface area is 104 Å². The second-order valence-electron chi connectivity index (χ2n) is 5.67. The third-order valence-electron chi connectivity index (χ3n) is 3.88. The average Bonchev–Trinajstić information content (AvgIpc) is 3.17. The Morgan fingerprint density at radius 3 is 2.53 bits per heavy atom. The first-order valence-corrected chi connectivity index (χ1v) is 6.87. The summed E-state index contributed by atoms with van der Waals surface area (Å²) in [6, 6.07) is 9.59. The highest BCUT2D eigenvalue weighted by atomic mass is 15.2. The Morgan fingerprint density at radius 2 is 1.94 bits per heavy atom. The van der Waals surface area contributed by atoms with Crippen molar-refractivity contribution in [2.45, 2.75) is 44.7 Å². The van der Waals surface area contributed by atoms with Gasteiger partial charge < -0.3 is 10.6 Å². The van der Waals surface area contributed by atoms with Crippen molar-refractivity contribution in [1.29, 1.82) is 0 Å². The summed E-state index contributed by atoms with van der Waals surface area (Å²) in [4.78, 5) is 2.62. The Bertz CT molecular complexity index is 392. The molecule has 1 aromatic rings. The molecule has 2 nitrogen and oxygen atoms in total. The van der Waals surface area contributed by atoms with Crippen LogP contribution in [0.15, 0.2) is 24.3 Å². The van der Waals surface area contributed by atoms with Crippen LogP contribution < -0.4 is 10.6 Å². The molecule has 2 N–H and O–H groups in total. The van der Waals surface area contributed by atoms with Crippen LogP contribution in [-0.4, -0.2) is 12.6 Å². The summed E-state index contributed by atoms with van der Waals surface area (Å²) in [5.74, 6) is 0.941. The van der Waals surface area contributed by atoms with E-state index in [1.54, 1.807) is 0 Å². The monoisotopic (exact) mass is 230 g/mol. The normalized spacial score (nSPS) is 21.3. The summed E-state index contributed by atoms with van der Waals surface area (Å²) >= 11 is 0. The van der Waals surface area contributed by atoms with Crippen LogP contribution >= 0.6 is 0 Å². The molecule has 0 saturated heterocycles. The topological polar surface area (TPSA) is 29.3 Å². The molecule has 0 amide bonds. The van der Waals surface area contributed by atoms with E-state index in [1.165, 1.54) is 43.5 Å². The molecule has 92 valence electrons. The van der Waals surface area contributed by atoms with Crippen LogP contribution in [0, 0.1) is 5.92 Å². The van der Waals surface area contributed by atoms with E-state index in [2.05, 4.69) is 36.1 Å². The minimum atomic E-state index is 0.131. The highest BCUT2D eigenvalue weighted by Crippen LogP contribution is 2.39. The van der Waals surface area contributed by atoms with Gasteiger partial charge in [-0.05, 0) is 50.2 Å². The summed E-state index contributed by atoms with van der Waals surface area (Å²) in [6.45, 7) is 3.33. The van der Waals surface area contributed by atoms with E-state index in [-0.39, 0.29) is 6.04 Å². The van der Waals surface area contributed by atoms with Crippen LogP contribution in [0.1, 0.15) is 44.2 Å². The lowest BCUT2D eigenvalue weighted by atomic mass is 10.1. The maximum atomic E-state index is 6.09. The quantitative estimate of drug-likeness (QED) is 0.842. The lowest BCUT2D eigenvalue weighted by Crippen LogP contribution is -2.29.